The molecular formula is C25H23N7OS3. The monoisotopic (exact) mass is 533 g/mol. The molecule has 0 aliphatic heterocycles. The maximum atomic E-state index is 12.6. The smallest absolute Gasteiger partial charge is 0.236 e. The van der Waals surface area contributed by atoms with Crippen LogP contribution < -0.4 is 11.1 Å². The predicted octanol–water partition coefficient (Wildman–Crippen LogP) is 5.58. The van der Waals surface area contributed by atoms with Crippen LogP contribution in [0, 0.1) is 0 Å². The molecule has 0 spiro atoms. The number of hydrogen-bond donors (Lipinski definition) is 2. The van der Waals surface area contributed by atoms with Crippen LogP contribution in [-0.4, -0.2) is 36.6 Å². The van der Waals surface area contributed by atoms with Crippen molar-refractivity contribution in [1.29, 1.82) is 0 Å². The summed E-state index contributed by atoms with van der Waals surface area (Å²) in [5.41, 5.74) is 8.65. The molecule has 3 N–H and O–H groups in total. The molecule has 2 aromatic heterocycles. The molecule has 0 fully saturated rings. The van der Waals surface area contributed by atoms with Crippen LogP contribution in [0.4, 0.5) is 10.8 Å². The van der Waals surface area contributed by atoms with E-state index in [2.05, 4.69) is 62.1 Å². The van der Waals surface area contributed by atoms with E-state index in [9.17, 15) is 4.79 Å². The van der Waals surface area contributed by atoms with Gasteiger partial charge in [0, 0.05) is 23.5 Å². The first-order chi connectivity index (χ1) is 17.6. The third kappa shape index (κ3) is 5.53. The first-order valence-corrected chi connectivity index (χ1v) is 14.0. The van der Waals surface area contributed by atoms with Crippen LogP contribution in [0.15, 0.2) is 76.2 Å². The molecule has 5 rings (SSSR count). The van der Waals surface area contributed by atoms with Gasteiger partial charge in [-0.2, -0.15) is 0 Å². The molecule has 2 heterocycles. The van der Waals surface area contributed by atoms with Crippen LogP contribution in [0.2, 0.25) is 0 Å². The maximum Gasteiger partial charge on any atom is 0.236 e. The zero-order valence-electron chi connectivity index (χ0n) is 19.4. The summed E-state index contributed by atoms with van der Waals surface area (Å²) in [6, 6.07) is 22.1. The molecule has 0 radical (unpaired) electrons. The van der Waals surface area contributed by atoms with Gasteiger partial charge in [-0.25, -0.2) is 0 Å². The van der Waals surface area contributed by atoms with Gasteiger partial charge < -0.3 is 10.3 Å². The number of nitrogen functional groups attached to an aromatic ring is 1. The molecule has 0 saturated heterocycles. The average Bonchev–Trinajstić information content (AvgIpc) is 3.53. The van der Waals surface area contributed by atoms with Crippen LogP contribution >= 0.6 is 34.9 Å². The number of anilines is 2. The Kier molecular flexibility index (Phi) is 7.49. The second-order valence-electron chi connectivity index (χ2n) is 7.81. The van der Waals surface area contributed by atoms with Crippen molar-refractivity contribution in [2.24, 2.45) is 0 Å². The van der Waals surface area contributed by atoms with Crippen molar-refractivity contribution >= 4 is 62.4 Å². The number of fused-ring (bicyclic) bond motifs is 1. The highest BCUT2D eigenvalue weighted by atomic mass is 32.2. The van der Waals surface area contributed by atoms with Gasteiger partial charge in [0.05, 0.1) is 5.75 Å². The molecule has 0 saturated carbocycles. The topological polar surface area (TPSA) is 112 Å². The number of benzene rings is 3. The molecule has 5 aromatic rings. The van der Waals surface area contributed by atoms with E-state index < -0.39 is 0 Å². The summed E-state index contributed by atoms with van der Waals surface area (Å²) in [5.74, 6) is 1.56. The van der Waals surface area contributed by atoms with Crippen molar-refractivity contribution in [2.45, 2.75) is 28.7 Å². The lowest BCUT2D eigenvalue weighted by molar-refractivity contribution is -0.113. The molecule has 8 nitrogen and oxygen atoms in total. The van der Waals surface area contributed by atoms with Gasteiger partial charge in [-0.3, -0.25) is 10.1 Å². The second kappa shape index (κ2) is 11.1. The van der Waals surface area contributed by atoms with Gasteiger partial charge in [0.2, 0.25) is 11.0 Å². The molecular weight excluding hydrogens is 511 g/mol. The molecule has 0 aliphatic rings. The first-order valence-electron chi connectivity index (χ1n) is 11.3. The van der Waals surface area contributed by atoms with E-state index in [4.69, 9.17) is 5.73 Å². The zero-order chi connectivity index (χ0) is 24.9. The van der Waals surface area contributed by atoms with E-state index in [0.717, 1.165) is 21.5 Å². The summed E-state index contributed by atoms with van der Waals surface area (Å²) in [4.78, 5) is 12.6. The molecule has 0 bridgehead atoms. The average molecular weight is 534 g/mol. The fourth-order valence-corrected chi connectivity index (χ4v) is 6.26. The quantitative estimate of drug-likeness (QED) is 0.144. The Morgan fingerprint density at radius 1 is 0.972 bits per heavy atom. The minimum Gasteiger partial charge on any atom is -0.399 e. The van der Waals surface area contributed by atoms with Crippen LogP contribution in [-0.2, 0) is 17.1 Å². The number of carbonyl (C=O) groups is 1. The Hall–Kier alpha value is -3.41. The molecule has 3 aromatic carbocycles. The number of thioether (sulfide) groups is 2. The van der Waals surface area contributed by atoms with E-state index in [1.54, 1.807) is 11.8 Å². The van der Waals surface area contributed by atoms with Crippen LogP contribution in [0.3, 0.4) is 0 Å². The fourth-order valence-electron chi connectivity index (χ4n) is 3.69. The molecule has 0 unspecified atom stereocenters. The van der Waals surface area contributed by atoms with Crippen LogP contribution in [0.5, 0.6) is 0 Å². The highest BCUT2D eigenvalue weighted by molar-refractivity contribution is 8.00. The normalized spacial score (nSPS) is 11.1. The van der Waals surface area contributed by atoms with Gasteiger partial charge >= 0.3 is 0 Å². The van der Waals surface area contributed by atoms with E-state index in [-0.39, 0.29) is 11.7 Å². The van der Waals surface area contributed by atoms with Gasteiger partial charge in [-0.15, -0.1) is 20.4 Å². The van der Waals surface area contributed by atoms with Gasteiger partial charge in [-0.1, -0.05) is 77.3 Å². The van der Waals surface area contributed by atoms with Crippen molar-refractivity contribution < 1.29 is 4.79 Å². The minimum absolute atomic E-state index is 0.165. The number of amides is 1. The second-order valence-corrected chi connectivity index (χ2v) is 11.0. The Morgan fingerprint density at radius 3 is 2.61 bits per heavy atom. The number of hydrogen-bond acceptors (Lipinski definition) is 9. The molecule has 11 heteroatoms. The minimum atomic E-state index is -0.165. The SMILES string of the molecule is CCn1c(SCC(=O)Nc2nnc(SCc3cccc4ccccc34)s2)nnc1-c1ccc(N)cc1. The number of nitrogens with zero attached hydrogens (tertiary/aromatic N) is 5. The third-order valence-electron chi connectivity index (χ3n) is 5.42. The molecule has 36 heavy (non-hydrogen) atoms. The van der Waals surface area contributed by atoms with Crippen molar-refractivity contribution in [1.82, 2.24) is 25.0 Å². The Bertz CT molecular complexity index is 1490. The first kappa shape index (κ1) is 24.3. The highest BCUT2D eigenvalue weighted by Crippen LogP contribution is 2.31. The standard InChI is InChI=1S/C25H23N7OS3/c1-2-32-22(17-10-12-19(26)13-11-17)28-30-24(32)34-15-21(33)27-23-29-31-25(36-23)35-14-18-8-5-7-16-6-3-4-9-20(16)18/h3-13H,2,14-15,26H2,1H3,(H,27,29,33). The lowest BCUT2D eigenvalue weighted by atomic mass is 10.1. The summed E-state index contributed by atoms with van der Waals surface area (Å²) in [5, 5.41) is 23.4. The summed E-state index contributed by atoms with van der Waals surface area (Å²) in [7, 11) is 0. The predicted molar refractivity (Wildman–Crippen MR) is 148 cm³/mol. The number of rotatable bonds is 9. The Morgan fingerprint density at radius 2 is 1.78 bits per heavy atom. The van der Waals surface area contributed by atoms with Gasteiger partial charge in [0.25, 0.3) is 0 Å². The lowest BCUT2D eigenvalue weighted by Gasteiger charge is -2.07. The summed E-state index contributed by atoms with van der Waals surface area (Å²) < 4.78 is 2.79. The van der Waals surface area contributed by atoms with Crippen molar-refractivity contribution in [3.05, 3.63) is 72.3 Å². The van der Waals surface area contributed by atoms with Crippen molar-refractivity contribution in [3.8, 4) is 11.4 Å². The van der Waals surface area contributed by atoms with E-state index in [1.807, 2.05) is 41.8 Å². The van der Waals surface area contributed by atoms with Gasteiger partial charge in [0.1, 0.15) is 0 Å². The highest BCUT2D eigenvalue weighted by Gasteiger charge is 2.16. The van der Waals surface area contributed by atoms with Crippen molar-refractivity contribution in [3.63, 3.8) is 0 Å². The van der Waals surface area contributed by atoms with Crippen LogP contribution in [0.25, 0.3) is 22.2 Å². The lowest BCUT2D eigenvalue weighted by Crippen LogP contribution is -2.14. The van der Waals surface area contributed by atoms with Crippen LogP contribution in [0.1, 0.15) is 12.5 Å². The van der Waals surface area contributed by atoms with E-state index >= 15 is 0 Å². The number of aromatic nitrogens is 5. The largest absolute Gasteiger partial charge is 0.399 e. The van der Waals surface area contributed by atoms with E-state index in [1.165, 1.54) is 39.4 Å². The molecule has 182 valence electrons. The fraction of sp³-hybridized carbons (Fsp3) is 0.160. The summed E-state index contributed by atoms with van der Waals surface area (Å²) in [6.45, 7) is 2.71. The number of nitrogens with two attached hydrogens (primary N) is 1. The zero-order valence-corrected chi connectivity index (χ0v) is 21.9. The Labute approximate surface area is 220 Å². The third-order valence-corrected chi connectivity index (χ3v) is 8.41. The number of carbonyl (C=O) groups excluding carboxylic acids is 1. The van der Waals surface area contributed by atoms with E-state index in [0.29, 0.717) is 22.5 Å². The van der Waals surface area contributed by atoms with Gasteiger partial charge in [-0.05, 0) is 47.5 Å². The van der Waals surface area contributed by atoms with Crippen molar-refractivity contribution in [2.75, 3.05) is 16.8 Å². The Balaban J connectivity index is 1.17. The summed E-state index contributed by atoms with van der Waals surface area (Å²) >= 11 is 4.32. The maximum absolute atomic E-state index is 12.6. The molecule has 0 atom stereocenters. The number of nitrogens with one attached hydrogen (secondary N) is 1. The van der Waals surface area contributed by atoms with Gasteiger partial charge in [0.15, 0.2) is 15.3 Å². The summed E-state index contributed by atoms with van der Waals surface area (Å²) in [6.07, 6.45) is 0. The molecule has 0 aliphatic carbocycles. The molecule has 1 amide bonds.